The van der Waals surface area contributed by atoms with Crippen molar-refractivity contribution in [3.8, 4) is 0 Å². The Morgan fingerprint density at radius 3 is 2.00 bits per heavy atom. The molecule has 1 heterocycles. The lowest BCUT2D eigenvalue weighted by Crippen LogP contribution is -2.17. The Morgan fingerprint density at radius 2 is 1.43 bits per heavy atom. The zero-order valence-electron chi connectivity index (χ0n) is 15.9. The summed E-state index contributed by atoms with van der Waals surface area (Å²) in [7, 11) is 0. The van der Waals surface area contributed by atoms with Crippen LogP contribution in [0, 0.1) is 0 Å². The topological polar surface area (TPSA) is 21.6 Å². The third-order valence-corrected chi connectivity index (χ3v) is 4.42. The van der Waals surface area contributed by atoms with Crippen LogP contribution in [0.1, 0.15) is 104 Å². The molecule has 2 heteroatoms. The van der Waals surface area contributed by atoms with Gasteiger partial charge in [-0.3, -0.25) is 0 Å². The number of nitrogens with zero attached hydrogens (tertiary/aromatic N) is 1. The first-order chi connectivity index (χ1) is 11.1. The lowest BCUT2D eigenvalue weighted by molar-refractivity contribution is 0.273. The highest BCUT2D eigenvalue weighted by Gasteiger charge is 2.25. The number of aliphatic imine (C=N–C) groups is 1. The minimum absolute atomic E-state index is 0.0127. The molecule has 134 valence electrons. The highest BCUT2D eigenvalue weighted by atomic mass is 16.5. The van der Waals surface area contributed by atoms with E-state index >= 15 is 0 Å². The first-order valence-electron chi connectivity index (χ1n) is 10.0. The third-order valence-electron chi connectivity index (χ3n) is 4.42. The summed E-state index contributed by atoms with van der Waals surface area (Å²) >= 11 is 0. The first-order valence-corrected chi connectivity index (χ1v) is 10.0. The SMILES string of the molecule is CCCCCC/C=C\CCCCCCCCC1=NC(C)(C)CO1. The molecule has 0 saturated carbocycles. The molecule has 0 aromatic rings. The van der Waals surface area contributed by atoms with Crippen molar-refractivity contribution in [2.75, 3.05) is 6.61 Å². The fourth-order valence-electron chi connectivity index (χ4n) is 2.96. The number of allylic oxidation sites excluding steroid dienone is 2. The molecule has 0 amide bonds. The summed E-state index contributed by atoms with van der Waals surface area (Å²) in [6, 6.07) is 0. The van der Waals surface area contributed by atoms with Crippen LogP contribution in [0.25, 0.3) is 0 Å². The van der Waals surface area contributed by atoms with E-state index in [1.54, 1.807) is 0 Å². The van der Waals surface area contributed by atoms with Gasteiger partial charge in [0.15, 0.2) is 5.90 Å². The zero-order chi connectivity index (χ0) is 16.8. The van der Waals surface area contributed by atoms with Crippen LogP contribution in [0.5, 0.6) is 0 Å². The van der Waals surface area contributed by atoms with Gasteiger partial charge in [0.2, 0.25) is 0 Å². The molecular formula is C21H39NO. The predicted octanol–water partition coefficient (Wildman–Crippen LogP) is 6.84. The van der Waals surface area contributed by atoms with Crippen molar-refractivity contribution in [1.82, 2.24) is 0 Å². The predicted molar refractivity (Wildman–Crippen MR) is 102 cm³/mol. The highest BCUT2D eigenvalue weighted by Crippen LogP contribution is 2.19. The van der Waals surface area contributed by atoms with Crippen molar-refractivity contribution in [3.63, 3.8) is 0 Å². The Kier molecular flexibility index (Phi) is 11.1. The van der Waals surface area contributed by atoms with E-state index in [4.69, 9.17) is 4.74 Å². The number of unbranched alkanes of at least 4 members (excludes halogenated alkanes) is 10. The second-order valence-electron chi connectivity index (χ2n) is 7.59. The molecule has 0 aromatic heterocycles. The Morgan fingerprint density at radius 1 is 0.870 bits per heavy atom. The molecule has 0 fully saturated rings. The van der Waals surface area contributed by atoms with Crippen LogP contribution >= 0.6 is 0 Å². The molecule has 0 radical (unpaired) electrons. The van der Waals surface area contributed by atoms with Crippen LogP contribution in [0.3, 0.4) is 0 Å². The lowest BCUT2D eigenvalue weighted by atomic mass is 10.1. The lowest BCUT2D eigenvalue weighted by Gasteiger charge is -2.07. The van der Waals surface area contributed by atoms with E-state index < -0.39 is 0 Å². The minimum atomic E-state index is 0.0127. The summed E-state index contributed by atoms with van der Waals surface area (Å²) < 4.78 is 5.62. The molecule has 0 saturated heterocycles. The first kappa shape index (κ1) is 20.3. The van der Waals surface area contributed by atoms with Crippen molar-refractivity contribution < 1.29 is 4.74 Å². The van der Waals surface area contributed by atoms with Crippen molar-refractivity contribution in [1.29, 1.82) is 0 Å². The maximum atomic E-state index is 5.62. The van der Waals surface area contributed by atoms with Crippen molar-refractivity contribution in [3.05, 3.63) is 12.2 Å². The van der Waals surface area contributed by atoms with Crippen molar-refractivity contribution >= 4 is 5.90 Å². The quantitative estimate of drug-likeness (QED) is 0.253. The Balaban J connectivity index is 1.81. The van der Waals surface area contributed by atoms with Gasteiger partial charge in [0, 0.05) is 6.42 Å². The van der Waals surface area contributed by atoms with Crippen LogP contribution in [-0.4, -0.2) is 18.0 Å². The standard InChI is InChI=1S/C21H39NO/c1-4-5-6-7-8-9-10-11-12-13-14-15-16-17-18-20-22-21(2,3)19-23-20/h9-10H,4-8,11-19H2,1-3H3/b10-9-. The summed E-state index contributed by atoms with van der Waals surface area (Å²) in [5, 5.41) is 0. The van der Waals surface area contributed by atoms with Crippen LogP contribution in [0.15, 0.2) is 17.1 Å². The Bertz CT molecular complexity index is 344. The summed E-state index contributed by atoms with van der Waals surface area (Å²) in [5.41, 5.74) is 0.0127. The van der Waals surface area contributed by atoms with E-state index in [0.717, 1.165) is 18.9 Å². The molecule has 1 aliphatic heterocycles. The Labute approximate surface area is 144 Å². The smallest absolute Gasteiger partial charge is 0.183 e. The van der Waals surface area contributed by atoms with Crippen LogP contribution < -0.4 is 0 Å². The highest BCUT2D eigenvalue weighted by molar-refractivity contribution is 5.78. The van der Waals surface area contributed by atoms with Gasteiger partial charge in [0.25, 0.3) is 0 Å². The molecular weight excluding hydrogens is 282 g/mol. The molecule has 0 unspecified atom stereocenters. The minimum Gasteiger partial charge on any atom is -0.478 e. The van der Waals surface area contributed by atoms with Gasteiger partial charge < -0.3 is 4.74 Å². The summed E-state index contributed by atoms with van der Waals surface area (Å²) in [4.78, 5) is 4.61. The molecule has 0 spiro atoms. The van der Waals surface area contributed by atoms with Crippen molar-refractivity contribution in [2.24, 2.45) is 4.99 Å². The Hall–Kier alpha value is -0.790. The average Bonchev–Trinajstić information content (AvgIpc) is 2.87. The van der Waals surface area contributed by atoms with Crippen molar-refractivity contribution in [2.45, 2.75) is 110 Å². The molecule has 2 nitrogen and oxygen atoms in total. The van der Waals surface area contributed by atoms with Gasteiger partial charge in [0.1, 0.15) is 6.61 Å². The van der Waals surface area contributed by atoms with E-state index in [0.29, 0.717) is 0 Å². The van der Waals surface area contributed by atoms with E-state index in [1.165, 1.54) is 77.0 Å². The zero-order valence-corrected chi connectivity index (χ0v) is 15.9. The maximum absolute atomic E-state index is 5.62. The van der Waals surface area contributed by atoms with Gasteiger partial charge in [-0.15, -0.1) is 0 Å². The van der Waals surface area contributed by atoms with Gasteiger partial charge in [-0.1, -0.05) is 64.0 Å². The monoisotopic (exact) mass is 321 g/mol. The molecule has 23 heavy (non-hydrogen) atoms. The molecule has 0 aliphatic carbocycles. The number of hydrogen-bond acceptors (Lipinski definition) is 2. The molecule has 1 rings (SSSR count). The fraction of sp³-hybridized carbons (Fsp3) is 0.857. The molecule has 1 aliphatic rings. The van der Waals surface area contributed by atoms with Crippen LogP contribution in [0.2, 0.25) is 0 Å². The van der Waals surface area contributed by atoms with Gasteiger partial charge in [-0.05, 0) is 46.0 Å². The number of rotatable bonds is 14. The fourth-order valence-corrected chi connectivity index (χ4v) is 2.96. The second-order valence-corrected chi connectivity index (χ2v) is 7.59. The number of hydrogen-bond donors (Lipinski definition) is 0. The normalized spacial score (nSPS) is 16.7. The van der Waals surface area contributed by atoms with Gasteiger partial charge >= 0.3 is 0 Å². The van der Waals surface area contributed by atoms with E-state index in [1.807, 2.05) is 0 Å². The summed E-state index contributed by atoms with van der Waals surface area (Å²) in [6.07, 6.45) is 21.9. The molecule has 0 N–H and O–H groups in total. The largest absolute Gasteiger partial charge is 0.478 e. The third kappa shape index (κ3) is 11.4. The maximum Gasteiger partial charge on any atom is 0.183 e. The van der Waals surface area contributed by atoms with Crippen LogP contribution in [0.4, 0.5) is 0 Å². The van der Waals surface area contributed by atoms with Gasteiger partial charge in [-0.2, -0.15) is 0 Å². The molecule has 0 atom stereocenters. The molecule has 0 aromatic carbocycles. The van der Waals surface area contributed by atoms with Crippen LogP contribution in [-0.2, 0) is 4.74 Å². The summed E-state index contributed by atoms with van der Waals surface area (Å²) in [5.74, 6) is 0.985. The second kappa shape index (κ2) is 12.6. The van der Waals surface area contributed by atoms with Gasteiger partial charge in [-0.25, -0.2) is 4.99 Å². The average molecular weight is 322 g/mol. The van der Waals surface area contributed by atoms with Gasteiger partial charge in [0.05, 0.1) is 5.54 Å². The summed E-state index contributed by atoms with van der Waals surface area (Å²) in [6.45, 7) is 7.31. The molecule has 0 bridgehead atoms. The van der Waals surface area contributed by atoms with E-state index in [2.05, 4.69) is 37.9 Å². The van der Waals surface area contributed by atoms with E-state index in [-0.39, 0.29) is 5.54 Å². The number of ether oxygens (including phenoxy) is 1. The van der Waals surface area contributed by atoms with E-state index in [9.17, 15) is 0 Å².